The molecular formula is C12H16N4O. The molecule has 0 bridgehead atoms. The van der Waals surface area contributed by atoms with Crippen molar-refractivity contribution in [2.45, 2.75) is 19.8 Å². The highest BCUT2D eigenvalue weighted by atomic mass is 16.1. The van der Waals surface area contributed by atoms with Crippen molar-refractivity contribution in [2.75, 3.05) is 0 Å². The average Bonchev–Trinajstić information content (AvgIpc) is 2.84. The van der Waals surface area contributed by atoms with Crippen LogP contribution < -0.4 is 0 Å². The fourth-order valence-electron chi connectivity index (χ4n) is 1.77. The quantitative estimate of drug-likeness (QED) is 0.746. The molecule has 17 heavy (non-hydrogen) atoms. The highest BCUT2D eigenvalue weighted by Crippen LogP contribution is 2.11. The molecule has 5 heteroatoms. The molecule has 2 heterocycles. The summed E-state index contributed by atoms with van der Waals surface area (Å²) in [7, 11) is 3.71. The molecule has 5 nitrogen and oxygen atoms in total. The number of aryl methyl sites for hydroxylation is 3. The van der Waals surface area contributed by atoms with Crippen molar-refractivity contribution in [2.24, 2.45) is 14.1 Å². The van der Waals surface area contributed by atoms with Crippen LogP contribution in [0.3, 0.4) is 0 Å². The van der Waals surface area contributed by atoms with E-state index in [2.05, 4.69) is 10.2 Å². The molecule has 0 amide bonds. The van der Waals surface area contributed by atoms with E-state index in [-0.39, 0.29) is 5.78 Å². The fraction of sp³-hybridized carbons (Fsp3) is 0.417. The minimum Gasteiger partial charge on any atom is -0.294 e. The first kappa shape index (κ1) is 11.6. The van der Waals surface area contributed by atoms with Gasteiger partial charge in [-0.3, -0.25) is 14.2 Å². The first-order valence-corrected chi connectivity index (χ1v) is 5.57. The molecule has 0 saturated carbocycles. The van der Waals surface area contributed by atoms with E-state index in [1.807, 2.05) is 27.2 Å². The van der Waals surface area contributed by atoms with E-state index in [1.54, 1.807) is 21.8 Å². The predicted octanol–water partition coefficient (Wildman–Crippen LogP) is 1.28. The molecule has 2 rings (SSSR count). The Labute approximate surface area is 100 Å². The third-order valence-corrected chi connectivity index (χ3v) is 2.93. The minimum absolute atomic E-state index is 0.138. The number of carbonyl (C=O) groups excluding carboxylic acids is 1. The van der Waals surface area contributed by atoms with Crippen LogP contribution in [0.5, 0.6) is 0 Å². The molecule has 0 unspecified atom stereocenters. The summed E-state index contributed by atoms with van der Waals surface area (Å²) in [5, 5.41) is 8.15. The van der Waals surface area contributed by atoms with E-state index in [0.29, 0.717) is 6.42 Å². The summed E-state index contributed by atoms with van der Waals surface area (Å²) in [5.41, 5.74) is 2.72. The highest BCUT2D eigenvalue weighted by Gasteiger charge is 2.12. The van der Waals surface area contributed by atoms with E-state index >= 15 is 0 Å². The molecular weight excluding hydrogens is 216 g/mol. The van der Waals surface area contributed by atoms with Crippen LogP contribution in [0.4, 0.5) is 0 Å². The zero-order valence-corrected chi connectivity index (χ0v) is 10.3. The second kappa shape index (κ2) is 4.53. The van der Waals surface area contributed by atoms with Gasteiger partial charge in [-0.25, -0.2) is 0 Å². The lowest BCUT2D eigenvalue weighted by Crippen LogP contribution is -2.03. The van der Waals surface area contributed by atoms with Crippen molar-refractivity contribution >= 4 is 5.78 Å². The lowest BCUT2D eigenvalue weighted by Gasteiger charge is -1.99. The lowest BCUT2D eigenvalue weighted by atomic mass is 10.1. The van der Waals surface area contributed by atoms with E-state index in [4.69, 9.17) is 0 Å². The zero-order valence-electron chi connectivity index (χ0n) is 10.3. The Morgan fingerprint density at radius 1 is 1.29 bits per heavy atom. The number of hydrogen-bond acceptors (Lipinski definition) is 3. The van der Waals surface area contributed by atoms with Crippen LogP contribution in [0.25, 0.3) is 0 Å². The van der Waals surface area contributed by atoms with Gasteiger partial charge in [-0.2, -0.15) is 10.2 Å². The molecule has 2 aromatic rings. The Morgan fingerprint density at radius 2 is 2.06 bits per heavy atom. The van der Waals surface area contributed by atoms with Crippen LogP contribution in [-0.2, 0) is 20.5 Å². The van der Waals surface area contributed by atoms with Gasteiger partial charge in [0, 0.05) is 32.4 Å². The van der Waals surface area contributed by atoms with Crippen molar-refractivity contribution in [3.05, 3.63) is 35.4 Å². The Balaban J connectivity index is 2.00. The van der Waals surface area contributed by atoms with Gasteiger partial charge in [0.05, 0.1) is 18.0 Å². The summed E-state index contributed by atoms with van der Waals surface area (Å²) >= 11 is 0. The number of rotatable bonds is 4. The SMILES string of the molecule is Cc1c(C(=O)CCc2cnn(C)c2)cnn1C. The Bertz CT molecular complexity index is 538. The maximum Gasteiger partial charge on any atom is 0.166 e. The summed E-state index contributed by atoms with van der Waals surface area (Å²) in [5.74, 6) is 0.138. The largest absolute Gasteiger partial charge is 0.294 e. The third kappa shape index (κ3) is 2.43. The monoisotopic (exact) mass is 232 g/mol. The molecule has 0 spiro atoms. The van der Waals surface area contributed by atoms with E-state index in [1.165, 1.54) is 0 Å². The number of ketones is 1. The third-order valence-electron chi connectivity index (χ3n) is 2.93. The molecule has 0 fully saturated rings. The number of aromatic nitrogens is 4. The molecule has 0 radical (unpaired) electrons. The predicted molar refractivity (Wildman–Crippen MR) is 63.8 cm³/mol. The van der Waals surface area contributed by atoms with Gasteiger partial charge in [0.2, 0.25) is 0 Å². The topological polar surface area (TPSA) is 52.7 Å². The minimum atomic E-state index is 0.138. The molecule has 2 aromatic heterocycles. The first-order chi connectivity index (χ1) is 8.08. The molecule has 0 aliphatic heterocycles. The van der Waals surface area contributed by atoms with Gasteiger partial charge in [0.1, 0.15) is 0 Å². The van der Waals surface area contributed by atoms with Gasteiger partial charge < -0.3 is 0 Å². The van der Waals surface area contributed by atoms with Gasteiger partial charge in [0.25, 0.3) is 0 Å². The summed E-state index contributed by atoms with van der Waals surface area (Å²) in [6, 6.07) is 0. The number of hydrogen-bond donors (Lipinski definition) is 0. The van der Waals surface area contributed by atoms with E-state index < -0.39 is 0 Å². The number of nitrogens with zero attached hydrogens (tertiary/aromatic N) is 4. The maximum atomic E-state index is 12.0. The van der Waals surface area contributed by atoms with Crippen molar-refractivity contribution in [3.8, 4) is 0 Å². The Kier molecular flexibility index (Phi) is 3.08. The van der Waals surface area contributed by atoms with Crippen LogP contribution in [0.1, 0.15) is 28.0 Å². The highest BCUT2D eigenvalue weighted by molar-refractivity contribution is 5.96. The normalized spacial score (nSPS) is 10.8. The van der Waals surface area contributed by atoms with Gasteiger partial charge in [-0.05, 0) is 18.9 Å². The summed E-state index contributed by atoms with van der Waals surface area (Å²) in [4.78, 5) is 12.0. The number of Topliss-reactive ketones (excluding diaryl/α,β-unsaturated/α-hetero) is 1. The van der Waals surface area contributed by atoms with Crippen molar-refractivity contribution in [3.63, 3.8) is 0 Å². The van der Waals surface area contributed by atoms with Crippen LogP contribution >= 0.6 is 0 Å². The Morgan fingerprint density at radius 3 is 2.59 bits per heavy atom. The van der Waals surface area contributed by atoms with Crippen LogP contribution in [0, 0.1) is 6.92 Å². The average molecular weight is 232 g/mol. The molecule has 90 valence electrons. The molecule has 0 saturated heterocycles. The maximum absolute atomic E-state index is 12.0. The second-order valence-corrected chi connectivity index (χ2v) is 4.21. The molecule has 0 N–H and O–H groups in total. The second-order valence-electron chi connectivity index (χ2n) is 4.21. The van der Waals surface area contributed by atoms with Gasteiger partial charge in [0.15, 0.2) is 5.78 Å². The van der Waals surface area contributed by atoms with Crippen LogP contribution in [-0.4, -0.2) is 25.3 Å². The fourth-order valence-corrected chi connectivity index (χ4v) is 1.77. The van der Waals surface area contributed by atoms with Crippen molar-refractivity contribution in [1.29, 1.82) is 0 Å². The van der Waals surface area contributed by atoms with Gasteiger partial charge >= 0.3 is 0 Å². The van der Waals surface area contributed by atoms with E-state index in [0.717, 1.165) is 23.2 Å². The van der Waals surface area contributed by atoms with E-state index in [9.17, 15) is 4.79 Å². The lowest BCUT2D eigenvalue weighted by molar-refractivity contribution is 0.0982. The van der Waals surface area contributed by atoms with Crippen molar-refractivity contribution in [1.82, 2.24) is 19.6 Å². The first-order valence-electron chi connectivity index (χ1n) is 5.57. The summed E-state index contributed by atoms with van der Waals surface area (Å²) in [6.45, 7) is 1.91. The molecule has 0 atom stereocenters. The van der Waals surface area contributed by atoms with Crippen LogP contribution in [0.2, 0.25) is 0 Å². The zero-order chi connectivity index (χ0) is 12.4. The van der Waals surface area contributed by atoms with Gasteiger partial charge in [-0.15, -0.1) is 0 Å². The van der Waals surface area contributed by atoms with Crippen molar-refractivity contribution < 1.29 is 4.79 Å². The molecule has 0 aromatic carbocycles. The number of carbonyl (C=O) groups is 1. The standard InChI is InChI=1S/C12H16N4O/c1-9-11(7-14-16(9)3)12(17)5-4-10-6-13-15(2)8-10/h6-8H,4-5H2,1-3H3. The summed E-state index contributed by atoms with van der Waals surface area (Å²) in [6.07, 6.45) is 6.59. The Hall–Kier alpha value is -1.91. The van der Waals surface area contributed by atoms with Gasteiger partial charge in [-0.1, -0.05) is 0 Å². The molecule has 0 aliphatic carbocycles. The van der Waals surface area contributed by atoms with Crippen LogP contribution in [0.15, 0.2) is 18.6 Å². The smallest absolute Gasteiger partial charge is 0.166 e. The summed E-state index contributed by atoms with van der Waals surface area (Å²) < 4.78 is 3.46. The molecule has 0 aliphatic rings.